The molecule has 1 aliphatic carbocycles. The highest BCUT2D eigenvalue weighted by Gasteiger charge is 2.60. The summed E-state index contributed by atoms with van der Waals surface area (Å²) in [6, 6.07) is 7.19. The van der Waals surface area contributed by atoms with Gasteiger partial charge in [-0.1, -0.05) is 12.1 Å². The molecule has 3 atom stereocenters. The minimum Gasteiger partial charge on any atom is -0.444 e. The quantitative estimate of drug-likeness (QED) is 0.259. The standard InChI is InChI=1S/C37H50N8O8/c1-35(2,3)51-32(47)43(12)18-21-13-15-22(16-14-21)29-40-41-30(50-29)27-28(45(33(48)52-36(4,5)6)34(49)53-37(7,8)9)38-17-25(39-27)44-19-23-24(20-44)26(23)31(46)42(10)11/h13-17,23-24,26H,18-20H2,1-12H3/t23-,24+,26?. The zero-order valence-corrected chi connectivity index (χ0v) is 32.6. The van der Waals surface area contributed by atoms with Crippen LogP contribution in [0.1, 0.15) is 67.9 Å². The summed E-state index contributed by atoms with van der Waals surface area (Å²) in [6.45, 7) is 16.9. The number of rotatable bonds is 7. The molecule has 0 radical (unpaired) electrons. The molecule has 5 rings (SSSR count). The van der Waals surface area contributed by atoms with Crippen LogP contribution in [-0.2, 0) is 25.5 Å². The Morgan fingerprint density at radius 3 is 1.79 bits per heavy atom. The Morgan fingerprint density at radius 2 is 1.28 bits per heavy atom. The molecule has 0 bridgehead atoms. The van der Waals surface area contributed by atoms with Crippen molar-refractivity contribution in [3.63, 3.8) is 0 Å². The molecule has 1 unspecified atom stereocenters. The van der Waals surface area contributed by atoms with Crippen LogP contribution in [0.15, 0.2) is 34.9 Å². The molecule has 0 N–H and O–H groups in total. The predicted molar refractivity (Wildman–Crippen MR) is 195 cm³/mol. The van der Waals surface area contributed by atoms with Gasteiger partial charge in [-0.05, 0) is 91.8 Å². The summed E-state index contributed by atoms with van der Waals surface area (Å²) in [5.41, 5.74) is -1.18. The van der Waals surface area contributed by atoms with Gasteiger partial charge in [0.2, 0.25) is 11.8 Å². The highest BCUT2D eigenvalue weighted by Crippen LogP contribution is 2.53. The lowest BCUT2D eigenvalue weighted by molar-refractivity contribution is -0.130. The lowest BCUT2D eigenvalue weighted by Crippen LogP contribution is -2.44. The molecule has 16 nitrogen and oxygen atoms in total. The molecule has 1 aliphatic heterocycles. The van der Waals surface area contributed by atoms with Crippen LogP contribution in [0.25, 0.3) is 23.0 Å². The van der Waals surface area contributed by atoms with Gasteiger partial charge in [-0.2, -0.15) is 4.90 Å². The monoisotopic (exact) mass is 734 g/mol. The van der Waals surface area contributed by atoms with E-state index in [1.807, 2.05) is 37.8 Å². The van der Waals surface area contributed by atoms with Crippen molar-refractivity contribution >= 4 is 35.8 Å². The Balaban J connectivity index is 1.48. The largest absolute Gasteiger partial charge is 0.444 e. The highest BCUT2D eigenvalue weighted by molar-refractivity contribution is 6.10. The smallest absolute Gasteiger partial charge is 0.425 e. The number of hydrogen-bond acceptors (Lipinski definition) is 13. The lowest BCUT2D eigenvalue weighted by atomic mass is 10.1. The van der Waals surface area contributed by atoms with E-state index >= 15 is 0 Å². The molecule has 2 aliphatic rings. The number of ether oxygens (including phenoxy) is 3. The minimum atomic E-state index is -1.03. The maximum absolute atomic E-state index is 13.6. The number of amides is 4. The number of nitrogens with zero attached hydrogens (tertiary/aromatic N) is 8. The molecule has 16 heteroatoms. The second-order valence-corrected chi connectivity index (χ2v) is 16.6. The molecule has 2 fully saturated rings. The molecule has 286 valence electrons. The molecular formula is C37H50N8O8. The van der Waals surface area contributed by atoms with Crippen LogP contribution in [0.5, 0.6) is 0 Å². The van der Waals surface area contributed by atoms with Crippen molar-refractivity contribution in [2.45, 2.75) is 85.7 Å². The van der Waals surface area contributed by atoms with Gasteiger partial charge in [-0.15, -0.1) is 10.2 Å². The summed E-state index contributed by atoms with van der Waals surface area (Å²) in [6.07, 6.45) is -1.05. The van der Waals surface area contributed by atoms with E-state index in [1.165, 1.54) is 11.1 Å². The summed E-state index contributed by atoms with van der Waals surface area (Å²) >= 11 is 0. The average molecular weight is 735 g/mol. The molecule has 3 heterocycles. The second kappa shape index (κ2) is 14.3. The fraction of sp³-hybridized carbons (Fsp3) is 0.568. The molecule has 1 aromatic carbocycles. The maximum atomic E-state index is 13.6. The third kappa shape index (κ3) is 9.40. The molecule has 2 aromatic heterocycles. The Kier molecular flexibility index (Phi) is 10.5. The maximum Gasteiger partial charge on any atom is 0.425 e. The summed E-state index contributed by atoms with van der Waals surface area (Å²) in [5, 5.41) is 8.51. The third-order valence-corrected chi connectivity index (χ3v) is 8.30. The van der Waals surface area contributed by atoms with Crippen molar-refractivity contribution < 1.29 is 37.8 Å². The SMILES string of the molecule is CN(C)C(=O)C1[C@H]2CN(c3cnc(N(C(=O)OC(C)(C)C)C(=O)OC(C)(C)C)c(-c4nnc(-c5ccc(CN(C)C(=O)OC(C)(C)C)cc5)o4)n3)C[C@@H]12. The fourth-order valence-corrected chi connectivity index (χ4v) is 5.94. The number of imide groups is 1. The van der Waals surface area contributed by atoms with E-state index in [0.29, 0.717) is 35.9 Å². The second-order valence-electron chi connectivity index (χ2n) is 16.6. The zero-order chi connectivity index (χ0) is 39.2. The van der Waals surface area contributed by atoms with Gasteiger partial charge < -0.3 is 33.3 Å². The van der Waals surface area contributed by atoms with E-state index in [4.69, 9.17) is 23.6 Å². The molecule has 1 saturated heterocycles. The van der Waals surface area contributed by atoms with E-state index in [-0.39, 0.29) is 47.0 Å². The van der Waals surface area contributed by atoms with Crippen molar-refractivity contribution in [2.24, 2.45) is 17.8 Å². The van der Waals surface area contributed by atoms with Crippen molar-refractivity contribution in [1.29, 1.82) is 0 Å². The number of carbonyl (C=O) groups excluding carboxylic acids is 4. The fourth-order valence-electron chi connectivity index (χ4n) is 5.94. The number of piperidine rings is 1. The van der Waals surface area contributed by atoms with Crippen LogP contribution < -0.4 is 9.80 Å². The molecule has 4 amide bonds. The van der Waals surface area contributed by atoms with Gasteiger partial charge in [0.1, 0.15) is 22.6 Å². The van der Waals surface area contributed by atoms with Gasteiger partial charge in [0, 0.05) is 52.3 Å². The van der Waals surface area contributed by atoms with Gasteiger partial charge >= 0.3 is 18.3 Å². The molecular weight excluding hydrogens is 684 g/mol. The highest BCUT2D eigenvalue weighted by atomic mass is 16.6. The van der Waals surface area contributed by atoms with Gasteiger partial charge in [0.15, 0.2) is 11.5 Å². The number of fused-ring (bicyclic) bond motifs is 1. The van der Waals surface area contributed by atoms with Crippen molar-refractivity contribution in [3.8, 4) is 23.0 Å². The summed E-state index contributed by atoms with van der Waals surface area (Å²) < 4.78 is 22.8. The number of hydrogen-bond donors (Lipinski definition) is 0. The van der Waals surface area contributed by atoms with Crippen LogP contribution in [-0.4, -0.2) is 105 Å². The van der Waals surface area contributed by atoms with Crippen LogP contribution in [0.4, 0.5) is 26.0 Å². The number of aromatic nitrogens is 4. The number of carbonyl (C=O) groups is 4. The van der Waals surface area contributed by atoms with E-state index in [0.717, 1.165) is 5.56 Å². The average Bonchev–Trinajstić information content (AvgIpc) is 3.33. The molecule has 53 heavy (non-hydrogen) atoms. The van der Waals surface area contributed by atoms with Crippen molar-refractivity contribution in [3.05, 3.63) is 36.0 Å². The van der Waals surface area contributed by atoms with Gasteiger partial charge in [0.05, 0.1) is 6.20 Å². The predicted octanol–water partition coefficient (Wildman–Crippen LogP) is 6.01. The normalized spacial score (nSPS) is 18.2. The van der Waals surface area contributed by atoms with Gasteiger partial charge in [-0.25, -0.2) is 24.4 Å². The molecule has 3 aromatic rings. The Hall–Kier alpha value is -5.28. The van der Waals surface area contributed by atoms with Crippen molar-refractivity contribution in [2.75, 3.05) is 44.0 Å². The Morgan fingerprint density at radius 1 is 0.774 bits per heavy atom. The lowest BCUT2D eigenvalue weighted by Gasteiger charge is -2.29. The van der Waals surface area contributed by atoms with Crippen LogP contribution in [0.2, 0.25) is 0 Å². The summed E-state index contributed by atoms with van der Waals surface area (Å²) in [4.78, 5) is 67.6. The summed E-state index contributed by atoms with van der Waals surface area (Å²) in [5.74, 6) is 0.669. The third-order valence-electron chi connectivity index (χ3n) is 8.30. The summed E-state index contributed by atoms with van der Waals surface area (Å²) in [7, 11) is 5.16. The van der Waals surface area contributed by atoms with E-state index < -0.39 is 35.1 Å². The topological polar surface area (TPSA) is 174 Å². The number of benzene rings is 1. The first kappa shape index (κ1) is 38.9. The first-order valence-corrected chi connectivity index (χ1v) is 17.5. The van der Waals surface area contributed by atoms with Crippen LogP contribution in [0, 0.1) is 17.8 Å². The van der Waals surface area contributed by atoms with E-state index in [2.05, 4.69) is 15.2 Å². The van der Waals surface area contributed by atoms with Gasteiger partial charge in [-0.3, -0.25) is 4.79 Å². The van der Waals surface area contributed by atoms with Gasteiger partial charge in [0.25, 0.3) is 5.89 Å². The van der Waals surface area contributed by atoms with E-state index in [9.17, 15) is 19.2 Å². The Bertz CT molecular complexity index is 1820. The molecule has 0 spiro atoms. The molecule has 1 saturated carbocycles. The van der Waals surface area contributed by atoms with Crippen molar-refractivity contribution in [1.82, 2.24) is 30.0 Å². The Labute approximate surface area is 309 Å². The zero-order valence-electron chi connectivity index (χ0n) is 32.6. The number of anilines is 2. The first-order chi connectivity index (χ1) is 24.5. The minimum absolute atomic E-state index is 0.0367. The van der Waals surface area contributed by atoms with Crippen LogP contribution >= 0.6 is 0 Å². The van der Waals surface area contributed by atoms with Crippen LogP contribution in [0.3, 0.4) is 0 Å². The van der Waals surface area contributed by atoms with E-state index in [1.54, 1.807) is 79.7 Å². The first-order valence-electron chi connectivity index (χ1n) is 17.5.